The van der Waals surface area contributed by atoms with E-state index in [1.807, 2.05) is 18.1 Å². The molecule has 0 saturated carbocycles. The molecule has 19 heavy (non-hydrogen) atoms. The molecule has 0 aliphatic carbocycles. The molecule has 0 bridgehead atoms. The average molecular weight is 261 g/mol. The van der Waals surface area contributed by atoms with E-state index in [9.17, 15) is 0 Å². The third-order valence-corrected chi connectivity index (χ3v) is 3.11. The summed E-state index contributed by atoms with van der Waals surface area (Å²) in [4.78, 5) is 4.41. The first-order valence-corrected chi connectivity index (χ1v) is 6.84. The Morgan fingerprint density at radius 1 is 1.32 bits per heavy atom. The van der Waals surface area contributed by atoms with Crippen LogP contribution in [-0.2, 0) is 26.6 Å². The zero-order valence-corrected chi connectivity index (χ0v) is 12.2. The topological polar surface area (TPSA) is 47.7 Å². The van der Waals surface area contributed by atoms with E-state index in [2.05, 4.69) is 53.0 Å². The van der Waals surface area contributed by atoms with Crippen LogP contribution >= 0.6 is 0 Å². The number of nitrogens with zero attached hydrogens (tertiary/aromatic N) is 4. The molecule has 2 aromatic heterocycles. The highest BCUT2D eigenvalue weighted by atomic mass is 15.3. The Balaban J connectivity index is 2.00. The van der Waals surface area contributed by atoms with Gasteiger partial charge >= 0.3 is 0 Å². The highest BCUT2D eigenvalue weighted by Crippen LogP contribution is 2.07. The van der Waals surface area contributed by atoms with Crippen molar-refractivity contribution >= 4 is 0 Å². The molecule has 0 spiro atoms. The van der Waals surface area contributed by atoms with Gasteiger partial charge in [-0.2, -0.15) is 5.10 Å². The molecule has 0 amide bonds. The summed E-state index contributed by atoms with van der Waals surface area (Å²) in [7, 11) is 1.99. The zero-order chi connectivity index (χ0) is 13.8. The van der Waals surface area contributed by atoms with E-state index in [1.165, 1.54) is 5.69 Å². The highest BCUT2D eigenvalue weighted by molar-refractivity contribution is 5.11. The van der Waals surface area contributed by atoms with Crippen molar-refractivity contribution in [2.45, 2.75) is 46.3 Å². The molecule has 0 aliphatic rings. The summed E-state index contributed by atoms with van der Waals surface area (Å²) >= 11 is 0. The third kappa shape index (κ3) is 3.67. The maximum absolute atomic E-state index is 4.46. The largest absolute Gasteiger partial charge is 0.331 e. The smallest absolute Gasteiger partial charge is 0.0953 e. The molecule has 0 aromatic carbocycles. The molecule has 2 rings (SSSR count). The zero-order valence-electron chi connectivity index (χ0n) is 12.2. The van der Waals surface area contributed by atoms with Gasteiger partial charge in [0.15, 0.2) is 0 Å². The van der Waals surface area contributed by atoms with Crippen LogP contribution in [-0.4, -0.2) is 25.4 Å². The van der Waals surface area contributed by atoms with Crippen molar-refractivity contribution in [3.63, 3.8) is 0 Å². The second kappa shape index (κ2) is 6.02. The van der Waals surface area contributed by atoms with Crippen LogP contribution in [0.3, 0.4) is 0 Å². The summed E-state index contributed by atoms with van der Waals surface area (Å²) in [6.07, 6.45) is 4.95. The van der Waals surface area contributed by atoms with E-state index in [4.69, 9.17) is 0 Å². The number of imidazole rings is 1. The fraction of sp³-hybridized carbons (Fsp3) is 0.571. The molecule has 1 N–H and O–H groups in total. The van der Waals surface area contributed by atoms with Crippen molar-refractivity contribution in [2.75, 3.05) is 0 Å². The van der Waals surface area contributed by atoms with Crippen molar-refractivity contribution in [3.8, 4) is 0 Å². The second-order valence-electron chi connectivity index (χ2n) is 5.18. The molecular formula is C14H23N5. The van der Waals surface area contributed by atoms with E-state index in [1.54, 1.807) is 0 Å². The van der Waals surface area contributed by atoms with Crippen LogP contribution in [0, 0.1) is 0 Å². The Morgan fingerprint density at radius 3 is 2.74 bits per heavy atom. The van der Waals surface area contributed by atoms with Crippen LogP contribution in [0.2, 0.25) is 0 Å². The summed E-state index contributed by atoms with van der Waals surface area (Å²) < 4.78 is 4.05. The molecule has 5 heteroatoms. The summed E-state index contributed by atoms with van der Waals surface area (Å²) in [6.45, 7) is 8.03. The van der Waals surface area contributed by atoms with Crippen LogP contribution < -0.4 is 5.32 Å². The molecule has 2 aromatic rings. The van der Waals surface area contributed by atoms with Gasteiger partial charge in [-0.1, -0.05) is 20.8 Å². The van der Waals surface area contributed by atoms with Gasteiger partial charge in [0, 0.05) is 25.8 Å². The molecule has 0 saturated heterocycles. The standard InChI is InChI=1S/C14H23N5/c1-5-12-6-14(18(4)17-12)9-19-8-13(16-10-19)7-15-11(2)3/h6,8,10-11,15H,5,7,9H2,1-4H3. The van der Waals surface area contributed by atoms with Crippen LogP contribution in [0.25, 0.3) is 0 Å². The molecule has 0 atom stereocenters. The SMILES string of the molecule is CCc1cc(Cn2cnc(CNC(C)C)c2)n(C)n1. The Labute approximate surface area is 114 Å². The number of aryl methyl sites for hydroxylation is 2. The Hall–Kier alpha value is -1.62. The van der Waals surface area contributed by atoms with Gasteiger partial charge in [0.05, 0.1) is 30.0 Å². The fourth-order valence-electron chi connectivity index (χ4n) is 1.97. The van der Waals surface area contributed by atoms with Crippen molar-refractivity contribution in [1.29, 1.82) is 0 Å². The molecule has 104 valence electrons. The third-order valence-electron chi connectivity index (χ3n) is 3.11. The van der Waals surface area contributed by atoms with Crippen LogP contribution in [0.5, 0.6) is 0 Å². The van der Waals surface area contributed by atoms with E-state index in [-0.39, 0.29) is 0 Å². The lowest BCUT2D eigenvalue weighted by atomic mass is 10.3. The van der Waals surface area contributed by atoms with Crippen LogP contribution in [0.1, 0.15) is 37.9 Å². The molecule has 0 radical (unpaired) electrons. The first kappa shape index (κ1) is 13.8. The predicted octanol–water partition coefficient (Wildman–Crippen LogP) is 1.73. The van der Waals surface area contributed by atoms with Gasteiger partial charge in [-0.05, 0) is 12.5 Å². The number of hydrogen-bond acceptors (Lipinski definition) is 3. The number of rotatable bonds is 6. The maximum Gasteiger partial charge on any atom is 0.0953 e. The normalized spacial score (nSPS) is 11.4. The average Bonchev–Trinajstić information content (AvgIpc) is 2.95. The fourth-order valence-corrected chi connectivity index (χ4v) is 1.97. The highest BCUT2D eigenvalue weighted by Gasteiger charge is 2.06. The lowest BCUT2D eigenvalue weighted by Crippen LogP contribution is -2.21. The van der Waals surface area contributed by atoms with Gasteiger partial charge in [-0.3, -0.25) is 4.68 Å². The van der Waals surface area contributed by atoms with Crippen molar-refractivity contribution < 1.29 is 0 Å². The van der Waals surface area contributed by atoms with Gasteiger partial charge in [0.1, 0.15) is 0 Å². The van der Waals surface area contributed by atoms with Gasteiger partial charge in [-0.25, -0.2) is 4.98 Å². The van der Waals surface area contributed by atoms with Gasteiger partial charge in [-0.15, -0.1) is 0 Å². The Kier molecular flexibility index (Phi) is 4.37. The van der Waals surface area contributed by atoms with Crippen molar-refractivity contribution in [1.82, 2.24) is 24.6 Å². The molecule has 5 nitrogen and oxygen atoms in total. The minimum atomic E-state index is 0.481. The number of nitrogens with one attached hydrogen (secondary N) is 1. The molecule has 0 aliphatic heterocycles. The second-order valence-corrected chi connectivity index (χ2v) is 5.18. The first-order valence-electron chi connectivity index (χ1n) is 6.84. The van der Waals surface area contributed by atoms with Gasteiger partial charge < -0.3 is 9.88 Å². The van der Waals surface area contributed by atoms with Gasteiger partial charge in [0.2, 0.25) is 0 Å². The minimum Gasteiger partial charge on any atom is -0.331 e. The van der Waals surface area contributed by atoms with Crippen LogP contribution in [0.4, 0.5) is 0 Å². The van der Waals surface area contributed by atoms with E-state index in [0.29, 0.717) is 6.04 Å². The number of aromatic nitrogens is 4. The van der Waals surface area contributed by atoms with Crippen molar-refractivity contribution in [2.24, 2.45) is 7.05 Å². The lowest BCUT2D eigenvalue weighted by molar-refractivity contribution is 0.582. The summed E-state index contributed by atoms with van der Waals surface area (Å²) in [5, 5.41) is 7.83. The lowest BCUT2D eigenvalue weighted by Gasteiger charge is -2.05. The van der Waals surface area contributed by atoms with E-state index >= 15 is 0 Å². The maximum atomic E-state index is 4.46. The molecule has 0 fully saturated rings. The quantitative estimate of drug-likeness (QED) is 0.861. The summed E-state index contributed by atoms with van der Waals surface area (Å²) in [6, 6.07) is 2.64. The Bertz CT molecular complexity index is 524. The van der Waals surface area contributed by atoms with E-state index < -0.39 is 0 Å². The van der Waals surface area contributed by atoms with Gasteiger partial charge in [0.25, 0.3) is 0 Å². The van der Waals surface area contributed by atoms with Crippen molar-refractivity contribution in [3.05, 3.63) is 35.7 Å². The molecule has 2 heterocycles. The van der Waals surface area contributed by atoms with Crippen LogP contribution in [0.15, 0.2) is 18.6 Å². The minimum absolute atomic E-state index is 0.481. The van der Waals surface area contributed by atoms with E-state index in [0.717, 1.165) is 30.9 Å². The number of hydrogen-bond donors (Lipinski definition) is 1. The monoisotopic (exact) mass is 261 g/mol. The first-order chi connectivity index (χ1) is 9.08. The summed E-state index contributed by atoms with van der Waals surface area (Å²) in [5.74, 6) is 0. The molecule has 0 unspecified atom stereocenters. The predicted molar refractivity (Wildman–Crippen MR) is 75.9 cm³/mol. The Morgan fingerprint density at radius 2 is 2.11 bits per heavy atom. The summed E-state index contributed by atoms with van der Waals surface area (Å²) in [5.41, 5.74) is 3.42. The molecular weight excluding hydrogens is 238 g/mol.